The standard InChI is InChI=1S/C22H14BF6NO4/c24-21(25,26)17-3-1-2-16-18(17)30-19(31)20(16,12-4-8-14(9-5-12)23(32)33)13-6-10-15(11-7-13)34-22(27,28)29/h1-11,32-33H,(H,30,31)/t20-/m1/s1. The van der Waals surface area contributed by atoms with E-state index < -0.39 is 48.0 Å². The zero-order valence-electron chi connectivity index (χ0n) is 16.9. The van der Waals surface area contributed by atoms with E-state index in [0.717, 1.165) is 36.4 Å². The summed E-state index contributed by atoms with van der Waals surface area (Å²) in [5.74, 6) is -1.44. The minimum Gasteiger partial charge on any atom is -0.423 e. The zero-order chi connectivity index (χ0) is 24.9. The fourth-order valence-corrected chi connectivity index (χ4v) is 4.12. The molecule has 5 nitrogen and oxygen atoms in total. The van der Waals surface area contributed by atoms with Gasteiger partial charge in [0.05, 0.1) is 11.3 Å². The Kier molecular flexibility index (Phi) is 5.61. The van der Waals surface area contributed by atoms with Crippen LogP contribution in [0.4, 0.5) is 32.0 Å². The van der Waals surface area contributed by atoms with Crippen molar-refractivity contribution in [2.75, 3.05) is 5.32 Å². The molecule has 0 spiro atoms. The number of fused-ring (bicyclic) bond motifs is 1. The van der Waals surface area contributed by atoms with E-state index >= 15 is 0 Å². The Morgan fingerprint density at radius 2 is 1.38 bits per heavy atom. The molecule has 3 N–H and O–H groups in total. The quantitative estimate of drug-likeness (QED) is 0.394. The summed E-state index contributed by atoms with van der Waals surface area (Å²) < 4.78 is 82.5. The molecule has 1 aliphatic rings. The van der Waals surface area contributed by atoms with Gasteiger partial charge in [-0.2, -0.15) is 13.2 Å². The third-order valence-corrected chi connectivity index (χ3v) is 5.52. The summed E-state index contributed by atoms with van der Waals surface area (Å²) in [5.41, 5.74) is -3.18. The molecule has 1 amide bonds. The van der Waals surface area contributed by atoms with E-state index in [9.17, 15) is 41.2 Å². The van der Waals surface area contributed by atoms with Crippen molar-refractivity contribution < 1.29 is 45.9 Å². The van der Waals surface area contributed by atoms with Crippen LogP contribution in [0.25, 0.3) is 0 Å². The lowest BCUT2D eigenvalue weighted by atomic mass is 9.69. The predicted molar refractivity (Wildman–Crippen MR) is 109 cm³/mol. The summed E-state index contributed by atoms with van der Waals surface area (Å²) in [7, 11) is -1.83. The molecule has 1 heterocycles. The van der Waals surface area contributed by atoms with Crippen molar-refractivity contribution >= 4 is 24.2 Å². The van der Waals surface area contributed by atoms with Crippen molar-refractivity contribution in [1.82, 2.24) is 0 Å². The van der Waals surface area contributed by atoms with Gasteiger partial charge >= 0.3 is 19.7 Å². The van der Waals surface area contributed by atoms with Crippen molar-refractivity contribution in [3.63, 3.8) is 0 Å². The van der Waals surface area contributed by atoms with Crippen LogP contribution in [0, 0.1) is 0 Å². The van der Waals surface area contributed by atoms with E-state index in [2.05, 4.69) is 10.1 Å². The highest BCUT2D eigenvalue weighted by atomic mass is 19.4. The van der Waals surface area contributed by atoms with Crippen LogP contribution in [-0.2, 0) is 16.4 Å². The van der Waals surface area contributed by atoms with Gasteiger partial charge in [0.1, 0.15) is 11.2 Å². The van der Waals surface area contributed by atoms with Gasteiger partial charge in [0.2, 0.25) is 5.91 Å². The van der Waals surface area contributed by atoms with Gasteiger partial charge in [-0.15, -0.1) is 13.2 Å². The van der Waals surface area contributed by atoms with Gasteiger partial charge in [-0.05, 0) is 34.8 Å². The number of nitrogens with one attached hydrogen (secondary N) is 1. The summed E-state index contributed by atoms with van der Waals surface area (Å²) in [6, 6.07) is 12.7. The molecule has 34 heavy (non-hydrogen) atoms. The molecule has 1 atom stereocenters. The first-order chi connectivity index (χ1) is 15.8. The summed E-state index contributed by atoms with van der Waals surface area (Å²) in [5, 5.41) is 21.0. The molecule has 0 aromatic heterocycles. The molecular weight excluding hydrogens is 467 g/mol. The number of alkyl halides is 6. The lowest BCUT2D eigenvalue weighted by molar-refractivity contribution is -0.274. The number of halogens is 6. The van der Waals surface area contributed by atoms with Gasteiger partial charge in [-0.25, -0.2) is 0 Å². The second kappa shape index (κ2) is 8.06. The summed E-state index contributed by atoms with van der Waals surface area (Å²) >= 11 is 0. The molecule has 176 valence electrons. The van der Waals surface area contributed by atoms with E-state index in [0.29, 0.717) is 0 Å². The van der Waals surface area contributed by atoms with Crippen molar-refractivity contribution in [1.29, 1.82) is 0 Å². The van der Waals surface area contributed by atoms with Crippen LogP contribution < -0.4 is 15.5 Å². The highest BCUT2D eigenvalue weighted by Crippen LogP contribution is 2.51. The molecule has 0 aliphatic carbocycles. The van der Waals surface area contributed by atoms with Crippen LogP contribution >= 0.6 is 0 Å². The van der Waals surface area contributed by atoms with Gasteiger partial charge in [-0.3, -0.25) is 4.79 Å². The third-order valence-electron chi connectivity index (χ3n) is 5.52. The first kappa shape index (κ1) is 23.6. The van der Waals surface area contributed by atoms with Gasteiger partial charge in [0.25, 0.3) is 0 Å². The van der Waals surface area contributed by atoms with Crippen LogP contribution in [0.3, 0.4) is 0 Å². The van der Waals surface area contributed by atoms with Crippen molar-refractivity contribution in [2.45, 2.75) is 18.0 Å². The fourth-order valence-electron chi connectivity index (χ4n) is 4.12. The highest BCUT2D eigenvalue weighted by molar-refractivity contribution is 6.58. The Hall–Kier alpha value is -3.51. The molecule has 3 aromatic carbocycles. The average molecular weight is 481 g/mol. The number of hydrogen-bond donors (Lipinski definition) is 3. The summed E-state index contributed by atoms with van der Waals surface area (Å²) in [6.45, 7) is 0. The topological polar surface area (TPSA) is 78.8 Å². The first-order valence-corrected chi connectivity index (χ1v) is 9.69. The zero-order valence-corrected chi connectivity index (χ0v) is 16.9. The molecule has 0 unspecified atom stereocenters. The van der Waals surface area contributed by atoms with Gasteiger partial charge in [0.15, 0.2) is 0 Å². The van der Waals surface area contributed by atoms with Crippen molar-refractivity contribution in [3.05, 3.63) is 89.0 Å². The van der Waals surface area contributed by atoms with Crippen LogP contribution in [0.1, 0.15) is 22.3 Å². The van der Waals surface area contributed by atoms with Crippen LogP contribution in [0.5, 0.6) is 5.75 Å². The molecule has 0 saturated heterocycles. The molecule has 3 aromatic rings. The second-order valence-electron chi connectivity index (χ2n) is 7.50. The maximum atomic E-state index is 13.6. The van der Waals surface area contributed by atoms with E-state index in [1.807, 2.05) is 0 Å². The molecule has 0 bridgehead atoms. The predicted octanol–water partition coefficient (Wildman–Crippen LogP) is 3.57. The number of rotatable bonds is 4. The Labute approximate surface area is 188 Å². The lowest BCUT2D eigenvalue weighted by Crippen LogP contribution is -2.38. The van der Waals surface area contributed by atoms with Crippen LogP contribution in [0.15, 0.2) is 66.7 Å². The second-order valence-corrected chi connectivity index (χ2v) is 7.50. The molecule has 12 heteroatoms. The number of anilines is 1. The monoisotopic (exact) mass is 481 g/mol. The SMILES string of the molecule is O=C1Nc2c(C(F)(F)F)cccc2[C@]1(c1ccc(OC(F)(F)F)cc1)c1ccc(B(O)O)cc1. The number of ether oxygens (including phenoxy) is 1. The average Bonchev–Trinajstić information content (AvgIpc) is 3.05. The molecular formula is C22H14BF6NO4. The summed E-state index contributed by atoms with van der Waals surface area (Å²) in [4.78, 5) is 13.4. The van der Waals surface area contributed by atoms with Crippen molar-refractivity contribution in [2.24, 2.45) is 0 Å². The molecule has 4 rings (SSSR count). The minimum atomic E-state index is -4.96. The van der Waals surface area contributed by atoms with E-state index in [1.165, 1.54) is 30.3 Å². The Morgan fingerprint density at radius 3 is 1.88 bits per heavy atom. The molecule has 1 aliphatic heterocycles. The number of carbonyl (C=O) groups excluding carboxylic acids is 1. The minimum absolute atomic E-state index is 0.0610. The third kappa shape index (κ3) is 3.99. The first-order valence-electron chi connectivity index (χ1n) is 9.69. The number of benzene rings is 3. The van der Waals surface area contributed by atoms with Gasteiger partial charge in [0, 0.05) is 5.56 Å². The number of amides is 1. The number of carbonyl (C=O) groups is 1. The number of hydrogen-bond acceptors (Lipinski definition) is 4. The maximum absolute atomic E-state index is 13.6. The Balaban J connectivity index is 1.96. The maximum Gasteiger partial charge on any atom is 0.573 e. The Bertz CT molecular complexity index is 1230. The van der Waals surface area contributed by atoms with E-state index in [1.54, 1.807) is 0 Å². The molecule has 0 saturated carbocycles. The van der Waals surface area contributed by atoms with Crippen LogP contribution in [0.2, 0.25) is 0 Å². The summed E-state index contributed by atoms with van der Waals surface area (Å²) in [6.07, 6.45) is -9.75. The van der Waals surface area contributed by atoms with Crippen LogP contribution in [-0.4, -0.2) is 29.4 Å². The highest BCUT2D eigenvalue weighted by Gasteiger charge is 2.52. The lowest BCUT2D eigenvalue weighted by Gasteiger charge is -2.29. The number of para-hydroxylation sites is 1. The largest absolute Gasteiger partial charge is 0.573 e. The normalized spacial score (nSPS) is 17.8. The fraction of sp³-hybridized carbons (Fsp3) is 0.136. The molecule has 0 radical (unpaired) electrons. The van der Waals surface area contributed by atoms with E-state index in [4.69, 9.17) is 0 Å². The molecule has 0 fully saturated rings. The van der Waals surface area contributed by atoms with Gasteiger partial charge < -0.3 is 20.1 Å². The van der Waals surface area contributed by atoms with Gasteiger partial charge in [-0.1, -0.05) is 48.5 Å². The smallest absolute Gasteiger partial charge is 0.423 e. The van der Waals surface area contributed by atoms with Crippen molar-refractivity contribution in [3.8, 4) is 5.75 Å². The Morgan fingerprint density at radius 1 is 0.824 bits per heavy atom. The van der Waals surface area contributed by atoms with E-state index in [-0.39, 0.29) is 22.2 Å².